The Morgan fingerprint density at radius 3 is 2.56 bits per heavy atom. The second-order valence-electron chi connectivity index (χ2n) is 10.1. The molecule has 1 aliphatic heterocycles. The van der Waals surface area contributed by atoms with Crippen LogP contribution in [-0.4, -0.2) is 34.1 Å². The summed E-state index contributed by atoms with van der Waals surface area (Å²) in [6, 6.07) is 16.4. The summed E-state index contributed by atoms with van der Waals surface area (Å²) in [5.41, 5.74) is 0.466. The molecule has 13 heteroatoms. The summed E-state index contributed by atoms with van der Waals surface area (Å²) in [5, 5.41) is 13.3. The van der Waals surface area contributed by atoms with Gasteiger partial charge in [0.05, 0.1) is 18.0 Å². The van der Waals surface area contributed by atoms with E-state index in [4.69, 9.17) is 4.74 Å². The second kappa shape index (κ2) is 10.6. The number of ether oxygens (including phenoxy) is 3. The number of nitrogens with zero attached hydrogens (tertiary/aromatic N) is 3. The highest BCUT2D eigenvalue weighted by Gasteiger charge is 2.44. The minimum atomic E-state index is -4.72. The monoisotopic (exact) mass is 601 g/mol. The molecule has 0 saturated carbocycles. The first-order chi connectivity index (χ1) is 20.4. The third-order valence-electron chi connectivity index (χ3n) is 7.29. The molecule has 1 unspecified atom stereocenters. The first-order valence-electron chi connectivity index (χ1n) is 13.3. The number of fused-ring (bicyclic) bond motifs is 2. The van der Waals surface area contributed by atoms with Crippen LogP contribution in [0.3, 0.4) is 0 Å². The molecule has 1 atom stereocenters. The van der Waals surface area contributed by atoms with E-state index in [2.05, 4.69) is 14.6 Å². The van der Waals surface area contributed by atoms with E-state index < -0.39 is 30.2 Å². The largest absolute Gasteiger partial charge is 0.586 e. The van der Waals surface area contributed by atoms with Gasteiger partial charge in [0, 0.05) is 29.9 Å². The number of hydrogen-bond acceptors (Lipinski definition) is 6. The van der Waals surface area contributed by atoms with Gasteiger partial charge in [-0.3, -0.25) is 4.79 Å². The summed E-state index contributed by atoms with van der Waals surface area (Å²) in [6.45, 7) is -0.162. The fraction of sp³-hybridized carbons (Fsp3) is 0.267. The Morgan fingerprint density at radius 1 is 1.09 bits per heavy atom. The van der Waals surface area contributed by atoms with Crippen LogP contribution in [0.4, 0.5) is 27.6 Å². The summed E-state index contributed by atoms with van der Waals surface area (Å²) in [5.74, 6) is -0.554. The Hall–Kier alpha value is -4.65. The molecule has 43 heavy (non-hydrogen) atoms. The smallest absolute Gasteiger partial charge is 0.484 e. The molecule has 0 bridgehead atoms. The van der Waals surface area contributed by atoms with Gasteiger partial charge in [-0.1, -0.05) is 18.2 Å². The van der Waals surface area contributed by atoms with Crippen LogP contribution in [0.5, 0.6) is 17.2 Å². The predicted octanol–water partition coefficient (Wildman–Crippen LogP) is 6.44. The molecular formula is C30H24F5N3O5. The highest BCUT2D eigenvalue weighted by molar-refractivity contribution is 6.06. The number of amides is 1. The Labute approximate surface area is 241 Å². The highest BCUT2D eigenvalue weighted by Crippen LogP contribution is 2.44. The van der Waals surface area contributed by atoms with Crippen molar-refractivity contribution in [2.45, 2.75) is 44.4 Å². The van der Waals surface area contributed by atoms with Gasteiger partial charge < -0.3 is 24.2 Å². The fourth-order valence-corrected chi connectivity index (χ4v) is 5.25. The van der Waals surface area contributed by atoms with E-state index in [1.54, 1.807) is 24.3 Å². The van der Waals surface area contributed by atoms with Crippen LogP contribution >= 0.6 is 0 Å². The van der Waals surface area contributed by atoms with Crippen LogP contribution in [-0.2, 0) is 19.2 Å². The molecule has 0 spiro atoms. The maximum absolute atomic E-state index is 14.1. The number of aliphatic hydroxyl groups is 1. The van der Waals surface area contributed by atoms with Crippen LogP contribution in [0, 0.1) is 0 Å². The average molecular weight is 602 g/mol. The molecule has 1 N–H and O–H groups in total. The van der Waals surface area contributed by atoms with Crippen molar-refractivity contribution in [2.75, 3.05) is 11.9 Å². The third-order valence-corrected chi connectivity index (χ3v) is 7.29. The number of rotatable bonds is 6. The van der Waals surface area contributed by atoms with E-state index in [0.717, 1.165) is 0 Å². The van der Waals surface area contributed by atoms with Crippen molar-refractivity contribution >= 4 is 11.6 Å². The van der Waals surface area contributed by atoms with Gasteiger partial charge in [-0.15, -0.1) is 8.78 Å². The van der Waals surface area contributed by atoms with Crippen LogP contribution in [0.1, 0.15) is 51.8 Å². The SMILES string of the molecule is CN(C(=O)c1cccc(-n2nc(C(F)(F)F)c3c2C(Oc2ccc(CO)cc2)CCC3)c1)c1ccc2c(c1)OC(F)(F)O2. The Morgan fingerprint density at radius 2 is 1.84 bits per heavy atom. The van der Waals surface area contributed by atoms with Crippen LogP contribution in [0.2, 0.25) is 0 Å². The normalized spacial score (nSPS) is 17.0. The van der Waals surface area contributed by atoms with Gasteiger partial charge in [-0.25, -0.2) is 4.68 Å². The number of halogens is 5. The zero-order valence-corrected chi connectivity index (χ0v) is 22.6. The summed E-state index contributed by atoms with van der Waals surface area (Å²) >= 11 is 0. The van der Waals surface area contributed by atoms with E-state index in [9.17, 15) is 31.9 Å². The zero-order chi connectivity index (χ0) is 30.5. The van der Waals surface area contributed by atoms with Gasteiger partial charge in [0.2, 0.25) is 0 Å². The lowest BCUT2D eigenvalue weighted by atomic mass is 9.92. The minimum Gasteiger partial charge on any atom is -0.484 e. The summed E-state index contributed by atoms with van der Waals surface area (Å²) in [7, 11) is 1.42. The van der Waals surface area contributed by atoms with E-state index in [1.165, 1.54) is 59.1 Å². The Bertz CT molecular complexity index is 1690. The van der Waals surface area contributed by atoms with Gasteiger partial charge in [-0.05, 0) is 67.3 Å². The van der Waals surface area contributed by atoms with Crippen molar-refractivity contribution < 1.29 is 46.1 Å². The standard InChI is InChI=1S/C30H24F5N3O5/c1-37(19-10-13-23-25(15-19)43-30(34,35)42-23)28(40)18-4-2-5-20(14-18)38-26-22(27(36-38)29(31,32)33)6-3-7-24(26)41-21-11-8-17(16-39)9-12-21/h2,4-5,8-15,24,39H,3,6-7,16H2,1H3. The zero-order valence-electron chi connectivity index (χ0n) is 22.6. The summed E-state index contributed by atoms with van der Waals surface area (Å²) < 4.78 is 85.4. The highest BCUT2D eigenvalue weighted by atomic mass is 19.4. The molecular weight excluding hydrogens is 577 g/mol. The number of hydrogen-bond donors (Lipinski definition) is 1. The number of aromatic nitrogens is 2. The molecule has 3 aromatic carbocycles. The maximum atomic E-state index is 14.1. The molecule has 224 valence electrons. The molecule has 6 rings (SSSR count). The van der Waals surface area contributed by atoms with Crippen molar-refractivity contribution in [3.05, 3.63) is 94.8 Å². The lowest BCUT2D eigenvalue weighted by molar-refractivity contribution is -0.286. The van der Waals surface area contributed by atoms with Crippen molar-refractivity contribution in [3.63, 3.8) is 0 Å². The molecule has 8 nitrogen and oxygen atoms in total. The van der Waals surface area contributed by atoms with Crippen LogP contribution < -0.4 is 19.1 Å². The van der Waals surface area contributed by atoms with Gasteiger partial charge >= 0.3 is 12.5 Å². The quantitative estimate of drug-likeness (QED) is 0.256. The lowest BCUT2D eigenvalue weighted by Gasteiger charge is -2.26. The van der Waals surface area contributed by atoms with E-state index in [1.807, 2.05) is 0 Å². The molecule has 1 amide bonds. The fourth-order valence-electron chi connectivity index (χ4n) is 5.25. The molecule has 2 heterocycles. The van der Waals surface area contributed by atoms with Crippen molar-refractivity contribution in [3.8, 4) is 22.9 Å². The number of carbonyl (C=O) groups is 1. The number of benzene rings is 3. The van der Waals surface area contributed by atoms with E-state index >= 15 is 0 Å². The van der Waals surface area contributed by atoms with E-state index in [0.29, 0.717) is 24.2 Å². The molecule has 0 saturated heterocycles. The first-order valence-corrected chi connectivity index (χ1v) is 13.3. The van der Waals surface area contributed by atoms with E-state index in [-0.39, 0.29) is 52.7 Å². The molecule has 1 aliphatic carbocycles. The van der Waals surface area contributed by atoms with Crippen molar-refractivity contribution in [2.24, 2.45) is 0 Å². The molecule has 4 aromatic rings. The topological polar surface area (TPSA) is 86.1 Å². The molecule has 0 fully saturated rings. The molecule has 2 aliphatic rings. The van der Waals surface area contributed by atoms with Gasteiger partial charge in [0.15, 0.2) is 17.2 Å². The van der Waals surface area contributed by atoms with Gasteiger partial charge in [0.25, 0.3) is 5.91 Å². The summed E-state index contributed by atoms with van der Waals surface area (Å²) in [6.07, 6.45) is -8.27. The van der Waals surface area contributed by atoms with Gasteiger partial charge in [-0.2, -0.15) is 18.3 Å². The lowest BCUT2D eigenvalue weighted by Crippen LogP contribution is -2.26. The molecule has 0 radical (unpaired) electrons. The summed E-state index contributed by atoms with van der Waals surface area (Å²) in [4.78, 5) is 14.6. The maximum Gasteiger partial charge on any atom is 0.586 e. The number of carbonyl (C=O) groups excluding carboxylic acids is 1. The predicted molar refractivity (Wildman–Crippen MR) is 143 cm³/mol. The number of alkyl halides is 5. The van der Waals surface area contributed by atoms with Crippen molar-refractivity contribution in [1.29, 1.82) is 0 Å². The number of aliphatic hydroxyl groups excluding tert-OH is 1. The molecule has 1 aromatic heterocycles. The first kappa shape index (κ1) is 28.5. The Kier molecular flexibility index (Phi) is 6.99. The average Bonchev–Trinajstić information content (AvgIpc) is 3.53. The van der Waals surface area contributed by atoms with Crippen molar-refractivity contribution in [1.82, 2.24) is 9.78 Å². The van der Waals surface area contributed by atoms with Crippen LogP contribution in [0.25, 0.3) is 5.69 Å². The van der Waals surface area contributed by atoms with Crippen LogP contribution in [0.15, 0.2) is 66.7 Å². The minimum absolute atomic E-state index is 0.0294. The second-order valence-corrected chi connectivity index (χ2v) is 10.1. The van der Waals surface area contributed by atoms with Gasteiger partial charge in [0.1, 0.15) is 11.9 Å². The Balaban J connectivity index is 1.35. The third kappa shape index (κ3) is 5.47. The number of anilines is 1.